The first-order valence-electron chi connectivity index (χ1n) is 10.5. The van der Waals surface area contributed by atoms with E-state index in [1.807, 2.05) is 0 Å². The number of furan rings is 1. The Balaban J connectivity index is 1.66. The average molecular weight is 418 g/mol. The monoisotopic (exact) mass is 418 g/mol. The summed E-state index contributed by atoms with van der Waals surface area (Å²) in [6, 6.07) is 1.75. The smallest absolute Gasteiger partial charge is 0.313 e. The molecule has 4 aliphatic rings. The van der Waals surface area contributed by atoms with Crippen LogP contribution in [-0.2, 0) is 28.6 Å². The molecule has 3 heterocycles. The largest absolute Gasteiger partial charge is 0.472 e. The summed E-state index contributed by atoms with van der Waals surface area (Å²) >= 11 is 0. The predicted molar refractivity (Wildman–Crippen MR) is 99.9 cm³/mol. The van der Waals surface area contributed by atoms with E-state index in [0.29, 0.717) is 25.9 Å². The Hall–Kier alpha value is -2.19. The van der Waals surface area contributed by atoms with Crippen LogP contribution in [0.2, 0.25) is 0 Å². The van der Waals surface area contributed by atoms with E-state index in [-0.39, 0.29) is 5.78 Å². The van der Waals surface area contributed by atoms with Crippen molar-refractivity contribution >= 4 is 17.7 Å². The van der Waals surface area contributed by atoms with Gasteiger partial charge in [-0.3, -0.25) is 14.4 Å². The zero-order valence-electron chi connectivity index (χ0n) is 17.1. The Morgan fingerprint density at radius 2 is 2.13 bits per heavy atom. The molecule has 8 heteroatoms. The molecule has 7 atom stereocenters. The van der Waals surface area contributed by atoms with Gasteiger partial charge in [0.1, 0.15) is 11.7 Å². The summed E-state index contributed by atoms with van der Waals surface area (Å²) in [4.78, 5) is 39.2. The molecule has 8 nitrogen and oxygen atoms in total. The van der Waals surface area contributed by atoms with Crippen LogP contribution in [-0.4, -0.2) is 47.7 Å². The molecule has 0 bridgehead atoms. The van der Waals surface area contributed by atoms with E-state index in [0.717, 1.165) is 12.0 Å². The molecule has 0 radical (unpaired) electrons. The van der Waals surface area contributed by atoms with E-state index in [1.165, 1.54) is 13.2 Å². The third-order valence-electron chi connectivity index (χ3n) is 8.17. The normalized spacial score (nSPS) is 44.8. The fraction of sp³-hybridized carbons (Fsp3) is 0.682. The number of esters is 2. The van der Waals surface area contributed by atoms with Crippen LogP contribution in [0, 0.1) is 22.7 Å². The minimum atomic E-state index is -1.29. The molecule has 1 N–H and O–H groups in total. The first-order valence-corrected chi connectivity index (χ1v) is 10.5. The number of rotatable bonds is 3. The van der Waals surface area contributed by atoms with E-state index in [2.05, 4.69) is 0 Å². The maximum atomic E-state index is 13.8. The molecule has 2 spiro atoms. The first kappa shape index (κ1) is 19.8. The highest BCUT2D eigenvalue weighted by molar-refractivity contribution is 5.97. The number of hydrogen-bond acceptors (Lipinski definition) is 8. The van der Waals surface area contributed by atoms with Gasteiger partial charge in [0.15, 0.2) is 11.9 Å². The number of carbonyl (C=O) groups excluding carboxylic acids is 3. The van der Waals surface area contributed by atoms with Crippen molar-refractivity contribution in [3.05, 3.63) is 24.2 Å². The average Bonchev–Trinajstić information content (AvgIpc) is 3.15. The minimum absolute atomic E-state index is 0.333. The molecule has 2 saturated heterocycles. The number of cyclic esters (lactones) is 1. The molecule has 7 unspecified atom stereocenters. The van der Waals surface area contributed by atoms with Crippen molar-refractivity contribution < 1.29 is 38.1 Å². The van der Waals surface area contributed by atoms with Gasteiger partial charge in [0, 0.05) is 24.8 Å². The Labute approximate surface area is 173 Å². The lowest BCUT2D eigenvalue weighted by Crippen LogP contribution is -2.70. The van der Waals surface area contributed by atoms with Gasteiger partial charge in [-0.15, -0.1) is 0 Å². The summed E-state index contributed by atoms with van der Waals surface area (Å²) in [5.74, 6) is -2.38. The number of epoxide rings is 1. The Kier molecular flexibility index (Phi) is 4.22. The van der Waals surface area contributed by atoms with Crippen LogP contribution < -0.4 is 0 Å². The number of ketones is 1. The van der Waals surface area contributed by atoms with Crippen molar-refractivity contribution in [2.45, 2.75) is 57.3 Å². The highest BCUT2D eigenvalue weighted by Gasteiger charge is 2.79. The Morgan fingerprint density at radius 1 is 1.37 bits per heavy atom. The number of Topliss-reactive ketones (excluding diaryl/α,β-unsaturated/α-hetero) is 1. The number of aliphatic hydroxyl groups is 1. The number of hydrogen-bond donors (Lipinski definition) is 1. The van der Waals surface area contributed by atoms with E-state index < -0.39 is 59.0 Å². The maximum Gasteiger partial charge on any atom is 0.313 e. The maximum absolute atomic E-state index is 13.8. The molecule has 1 aromatic rings. The van der Waals surface area contributed by atoms with Gasteiger partial charge in [0.05, 0.1) is 36.6 Å². The molecule has 4 fully saturated rings. The molecule has 30 heavy (non-hydrogen) atoms. The van der Waals surface area contributed by atoms with Gasteiger partial charge in [-0.1, -0.05) is 13.3 Å². The van der Waals surface area contributed by atoms with E-state index in [1.54, 1.807) is 19.3 Å². The highest BCUT2D eigenvalue weighted by Crippen LogP contribution is 2.69. The zero-order valence-corrected chi connectivity index (χ0v) is 17.1. The van der Waals surface area contributed by atoms with Gasteiger partial charge in [-0.25, -0.2) is 0 Å². The lowest BCUT2D eigenvalue weighted by atomic mass is 9.42. The van der Waals surface area contributed by atoms with E-state index in [4.69, 9.17) is 18.6 Å². The van der Waals surface area contributed by atoms with Crippen molar-refractivity contribution in [3.8, 4) is 0 Å². The lowest BCUT2D eigenvalue weighted by Gasteiger charge is -2.58. The van der Waals surface area contributed by atoms with Crippen LogP contribution in [0.1, 0.15) is 51.2 Å². The predicted octanol–water partition coefficient (Wildman–Crippen LogP) is 1.95. The summed E-state index contributed by atoms with van der Waals surface area (Å²) < 4.78 is 22.3. The first-order chi connectivity index (χ1) is 14.3. The van der Waals surface area contributed by atoms with Gasteiger partial charge in [-0.05, 0) is 24.8 Å². The second-order valence-electron chi connectivity index (χ2n) is 9.24. The van der Waals surface area contributed by atoms with Crippen molar-refractivity contribution in [2.75, 3.05) is 13.2 Å². The van der Waals surface area contributed by atoms with Crippen molar-refractivity contribution in [1.82, 2.24) is 0 Å². The quantitative estimate of drug-likeness (QED) is 0.585. The third-order valence-corrected chi connectivity index (χ3v) is 8.17. The zero-order chi connectivity index (χ0) is 21.3. The van der Waals surface area contributed by atoms with Crippen LogP contribution in [0.5, 0.6) is 0 Å². The lowest BCUT2D eigenvalue weighted by molar-refractivity contribution is -0.206. The molecular formula is C22H26O8. The standard InChI is InChI=1S/C22H26O8/c1-12-17(29-13(2)24)18(25)22(10-23)16(4-3-6-20(22)11-28-20)21(12)8-15(30-19(21)26)14-5-7-27-9-14/h5,7,9,12,15-17,23H,3-4,6,8,10-11H2,1-2H3. The SMILES string of the molecule is CC(=O)OC1C(=O)C2(CO)C(CCCC23CO3)C2(CC(c3ccoc3)OC2=O)C1C. The van der Waals surface area contributed by atoms with Gasteiger partial charge in [-0.2, -0.15) is 0 Å². The summed E-state index contributed by atoms with van der Waals surface area (Å²) in [7, 11) is 0. The fourth-order valence-corrected chi connectivity index (χ4v) is 6.67. The second-order valence-corrected chi connectivity index (χ2v) is 9.24. The molecule has 0 amide bonds. The summed E-state index contributed by atoms with van der Waals surface area (Å²) in [5.41, 5.74) is -2.42. The second kappa shape index (κ2) is 6.40. The summed E-state index contributed by atoms with van der Waals surface area (Å²) in [6.45, 7) is 2.93. The molecule has 162 valence electrons. The van der Waals surface area contributed by atoms with Crippen molar-refractivity contribution in [3.63, 3.8) is 0 Å². The number of fused-ring (bicyclic) bond motifs is 3. The minimum Gasteiger partial charge on any atom is -0.472 e. The molecule has 5 rings (SSSR count). The topological polar surface area (TPSA) is 116 Å². The van der Waals surface area contributed by atoms with Gasteiger partial charge >= 0.3 is 11.9 Å². The number of carbonyl (C=O) groups is 3. The van der Waals surface area contributed by atoms with Crippen LogP contribution in [0.15, 0.2) is 23.0 Å². The van der Waals surface area contributed by atoms with Crippen LogP contribution in [0.3, 0.4) is 0 Å². The van der Waals surface area contributed by atoms with Crippen LogP contribution in [0.25, 0.3) is 0 Å². The molecule has 2 aliphatic carbocycles. The number of ether oxygens (including phenoxy) is 3. The van der Waals surface area contributed by atoms with Gasteiger partial charge in [0.25, 0.3) is 0 Å². The highest BCUT2D eigenvalue weighted by atomic mass is 16.6. The van der Waals surface area contributed by atoms with Crippen LogP contribution in [0.4, 0.5) is 0 Å². The van der Waals surface area contributed by atoms with Gasteiger partial charge in [0.2, 0.25) is 0 Å². The van der Waals surface area contributed by atoms with Crippen molar-refractivity contribution in [1.29, 1.82) is 0 Å². The van der Waals surface area contributed by atoms with E-state index in [9.17, 15) is 19.5 Å². The third kappa shape index (κ3) is 2.26. The molecule has 1 aromatic heterocycles. The Morgan fingerprint density at radius 3 is 2.73 bits per heavy atom. The fourth-order valence-electron chi connectivity index (χ4n) is 6.67. The van der Waals surface area contributed by atoms with Crippen LogP contribution >= 0.6 is 0 Å². The van der Waals surface area contributed by atoms with E-state index >= 15 is 0 Å². The van der Waals surface area contributed by atoms with Crippen molar-refractivity contribution in [2.24, 2.45) is 22.7 Å². The molecule has 0 aromatic carbocycles. The Bertz CT molecular complexity index is 887. The van der Waals surface area contributed by atoms with Gasteiger partial charge < -0.3 is 23.7 Å². The molecule has 2 aliphatic heterocycles. The summed E-state index contributed by atoms with van der Waals surface area (Å²) in [6.07, 6.45) is 3.77. The molecular weight excluding hydrogens is 392 g/mol. The summed E-state index contributed by atoms with van der Waals surface area (Å²) in [5, 5.41) is 10.6. The molecule has 2 saturated carbocycles. The number of aliphatic hydroxyl groups excluding tert-OH is 1.